The summed E-state index contributed by atoms with van der Waals surface area (Å²) in [6.45, 7) is 1.37. The first-order chi connectivity index (χ1) is 17.9. The molecule has 4 aliphatic heterocycles. The number of hydrogen-bond donors (Lipinski definition) is 2. The fourth-order valence-electron chi connectivity index (χ4n) is 6.73. The summed E-state index contributed by atoms with van der Waals surface area (Å²) >= 11 is 0. The van der Waals surface area contributed by atoms with E-state index in [1.54, 1.807) is 17.0 Å². The quantitative estimate of drug-likeness (QED) is 0.491. The molecule has 5 rings (SSSR count). The summed E-state index contributed by atoms with van der Waals surface area (Å²) in [5.74, 6) is -0.496. The number of halogens is 6. The predicted octanol–water partition coefficient (Wildman–Crippen LogP) is 2.85. The van der Waals surface area contributed by atoms with E-state index in [-0.39, 0.29) is 56.2 Å². The fourth-order valence-corrected chi connectivity index (χ4v) is 6.73. The lowest BCUT2D eigenvalue weighted by Crippen LogP contribution is -2.56. The summed E-state index contributed by atoms with van der Waals surface area (Å²) in [6.07, 6.45) is -5.02. The molecule has 4 fully saturated rings. The number of amides is 1. The summed E-state index contributed by atoms with van der Waals surface area (Å²) in [6, 6.07) is -0.951. The Labute approximate surface area is 216 Å². The number of piperazine rings is 1. The van der Waals surface area contributed by atoms with Gasteiger partial charge in [-0.05, 0) is 32.1 Å². The molecule has 1 saturated carbocycles. The number of rotatable bonds is 6. The molecular weight excluding hydrogens is 520 g/mol. The molecule has 2 N–H and O–H groups in total. The van der Waals surface area contributed by atoms with Crippen molar-refractivity contribution in [2.75, 3.05) is 33.4 Å². The minimum atomic E-state index is -4.55. The van der Waals surface area contributed by atoms with Crippen LogP contribution < -0.4 is 10.6 Å². The minimum Gasteiger partial charge on any atom is -0.379 e. The maximum atomic E-state index is 13.8. The molecule has 14 heteroatoms. The van der Waals surface area contributed by atoms with E-state index in [9.17, 15) is 31.1 Å². The number of nitrogens with one attached hydrogen (secondary N) is 2. The molecule has 3 saturated heterocycles. The van der Waals surface area contributed by atoms with E-state index in [2.05, 4.69) is 10.6 Å². The Morgan fingerprint density at radius 2 is 2.00 bits per heavy atom. The number of likely N-dealkylation sites (tertiary alicyclic amines) is 1. The number of nitrogens with zero attached hydrogens (tertiary/aromatic N) is 3. The van der Waals surface area contributed by atoms with Gasteiger partial charge in [0.1, 0.15) is 5.70 Å². The van der Waals surface area contributed by atoms with Gasteiger partial charge in [-0.1, -0.05) is 0 Å². The van der Waals surface area contributed by atoms with Crippen LogP contribution in [0.1, 0.15) is 38.5 Å². The first-order valence-electron chi connectivity index (χ1n) is 12.9. The van der Waals surface area contributed by atoms with Crippen molar-refractivity contribution in [2.24, 2.45) is 5.41 Å². The summed E-state index contributed by atoms with van der Waals surface area (Å²) in [5.41, 5.74) is -2.47. The molecule has 0 unspecified atom stereocenters. The Morgan fingerprint density at radius 1 is 1.21 bits per heavy atom. The van der Waals surface area contributed by atoms with Gasteiger partial charge in [0, 0.05) is 69.6 Å². The number of fused-ring (bicyclic) bond motifs is 2. The van der Waals surface area contributed by atoms with Gasteiger partial charge in [-0.15, -0.1) is 0 Å². The van der Waals surface area contributed by atoms with Crippen LogP contribution in [0.25, 0.3) is 0 Å². The van der Waals surface area contributed by atoms with Crippen LogP contribution in [-0.2, 0) is 14.3 Å². The molecule has 0 aromatic heterocycles. The molecule has 6 atom stereocenters. The lowest BCUT2D eigenvalue weighted by atomic mass is 9.80. The van der Waals surface area contributed by atoms with E-state index in [1.165, 1.54) is 17.4 Å². The second-order valence-corrected chi connectivity index (χ2v) is 10.9. The zero-order valence-corrected chi connectivity index (χ0v) is 21.0. The monoisotopic (exact) mass is 553 g/mol. The van der Waals surface area contributed by atoms with Gasteiger partial charge < -0.3 is 25.0 Å². The maximum absolute atomic E-state index is 13.8. The number of methoxy groups -OCH3 is 1. The van der Waals surface area contributed by atoms with Crippen molar-refractivity contribution in [1.82, 2.24) is 25.6 Å². The van der Waals surface area contributed by atoms with Crippen LogP contribution in [0, 0.1) is 5.41 Å². The Kier molecular flexibility index (Phi) is 7.37. The third-order valence-electron chi connectivity index (χ3n) is 8.46. The Hall–Kier alpha value is -2.03. The molecule has 1 amide bonds. The summed E-state index contributed by atoms with van der Waals surface area (Å²) in [5, 5.41) is 8.71. The van der Waals surface area contributed by atoms with Crippen molar-refractivity contribution >= 4 is 5.91 Å². The van der Waals surface area contributed by atoms with Crippen LogP contribution in [-0.4, -0.2) is 96.9 Å². The number of alkyl halides is 6. The smallest absolute Gasteiger partial charge is 0.379 e. The molecule has 8 nitrogen and oxygen atoms in total. The van der Waals surface area contributed by atoms with E-state index < -0.39 is 35.8 Å². The minimum absolute atomic E-state index is 0.0615. The van der Waals surface area contributed by atoms with Gasteiger partial charge in [0.15, 0.2) is 0 Å². The second kappa shape index (κ2) is 10.2. The van der Waals surface area contributed by atoms with Crippen molar-refractivity contribution in [3.8, 4) is 0 Å². The van der Waals surface area contributed by atoms with Crippen LogP contribution in [0.5, 0.6) is 0 Å². The molecule has 0 radical (unpaired) electrons. The Balaban J connectivity index is 1.27. The largest absolute Gasteiger partial charge is 0.432 e. The van der Waals surface area contributed by atoms with Gasteiger partial charge in [-0.25, -0.2) is 5.01 Å². The number of ether oxygens (including phenoxy) is 2. The lowest BCUT2D eigenvalue weighted by molar-refractivity contribution is -0.176. The number of hydrazine groups is 1. The predicted molar refractivity (Wildman–Crippen MR) is 123 cm³/mol. The highest BCUT2D eigenvalue weighted by molar-refractivity contribution is 5.84. The van der Waals surface area contributed by atoms with E-state index in [1.807, 2.05) is 0 Å². The normalized spacial score (nSPS) is 36.1. The lowest BCUT2D eigenvalue weighted by Gasteiger charge is -2.43. The molecule has 5 aliphatic rings. The standard InChI is InChI=1S/C24H33F6N5O3/c1-37-19-13-38-7-3-18(19)32-15-2-4-22(9-15,14-23(25,26)27)21(36)34-10-17-8-16(34)11-35(17)33-6-5-31-20(12-33)24(28,29)30/h5-6,12,15-19,31-32H,2-4,7-11,13-14H2,1H3/t15-,16+,17+,18+,19-,22+/m1/s1. The average molecular weight is 554 g/mol. The van der Waals surface area contributed by atoms with Gasteiger partial charge in [-0.2, -0.15) is 26.3 Å². The van der Waals surface area contributed by atoms with E-state index in [0.29, 0.717) is 32.5 Å². The zero-order valence-electron chi connectivity index (χ0n) is 21.0. The fraction of sp³-hybridized carbons (Fsp3) is 0.792. The third kappa shape index (κ3) is 5.50. The Bertz CT molecular complexity index is 959. The van der Waals surface area contributed by atoms with Gasteiger partial charge in [0.25, 0.3) is 0 Å². The molecule has 0 aromatic rings. The van der Waals surface area contributed by atoms with E-state index in [0.717, 1.165) is 6.20 Å². The average Bonchev–Trinajstić information content (AvgIpc) is 3.58. The van der Waals surface area contributed by atoms with Crippen molar-refractivity contribution < 1.29 is 40.6 Å². The first kappa shape index (κ1) is 27.5. The SMILES string of the molecule is CO[C@@H]1COCC[C@@H]1N[C@@H]1CC[C@](CC(F)(F)F)(C(=O)N2C[C@@H]3C[C@H]2CN3N2C=CNC(C(F)(F)F)=C2)C1. The number of carbonyl (C=O) groups excluding carboxylic acids is 1. The first-order valence-corrected chi connectivity index (χ1v) is 12.9. The van der Waals surface area contributed by atoms with Gasteiger partial charge in [-0.3, -0.25) is 9.80 Å². The molecular formula is C24H33F6N5O3. The van der Waals surface area contributed by atoms with Gasteiger partial charge in [0.05, 0.1) is 24.5 Å². The molecule has 2 bridgehead atoms. The van der Waals surface area contributed by atoms with Crippen molar-refractivity contribution in [1.29, 1.82) is 0 Å². The van der Waals surface area contributed by atoms with Crippen LogP contribution in [0.4, 0.5) is 26.3 Å². The Morgan fingerprint density at radius 3 is 2.66 bits per heavy atom. The van der Waals surface area contributed by atoms with Crippen LogP contribution in [0.15, 0.2) is 24.3 Å². The van der Waals surface area contributed by atoms with Crippen molar-refractivity contribution in [2.45, 2.75) is 81.1 Å². The number of allylic oxidation sites excluding steroid dienone is 1. The molecule has 214 valence electrons. The summed E-state index contributed by atoms with van der Waals surface area (Å²) in [7, 11) is 1.57. The van der Waals surface area contributed by atoms with E-state index in [4.69, 9.17) is 9.47 Å². The van der Waals surface area contributed by atoms with E-state index >= 15 is 0 Å². The molecule has 0 spiro atoms. The van der Waals surface area contributed by atoms with Gasteiger partial charge in [0.2, 0.25) is 5.91 Å². The van der Waals surface area contributed by atoms with Crippen LogP contribution in [0.2, 0.25) is 0 Å². The molecule has 0 aromatic carbocycles. The molecule has 38 heavy (non-hydrogen) atoms. The van der Waals surface area contributed by atoms with Crippen LogP contribution in [0.3, 0.4) is 0 Å². The number of carbonyl (C=O) groups is 1. The summed E-state index contributed by atoms with van der Waals surface area (Å²) in [4.78, 5) is 15.3. The highest BCUT2D eigenvalue weighted by atomic mass is 19.4. The van der Waals surface area contributed by atoms with Crippen molar-refractivity contribution in [3.05, 3.63) is 24.3 Å². The van der Waals surface area contributed by atoms with Gasteiger partial charge >= 0.3 is 12.4 Å². The maximum Gasteiger partial charge on any atom is 0.432 e. The topological polar surface area (TPSA) is 69.3 Å². The van der Waals surface area contributed by atoms with Crippen molar-refractivity contribution in [3.63, 3.8) is 0 Å². The molecule has 1 aliphatic carbocycles. The third-order valence-corrected chi connectivity index (χ3v) is 8.46. The highest BCUT2D eigenvalue weighted by Gasteiger charge is 2.57. The highest BCUT2D eigenvalue weighted by Crippen LogP contribution is 2.49. The second-order valence-electron chi connectivity index (χ2n) is 10.9. The zero-order chi connectivity index (χ0) is 27.3. The number of hydrogen-bond acceptors (Lipinski definition) is 7. The van der Waals surface area contributed by atoms with Crippen LogP contribution >= 0.6 is 0 Å². The summed E-state index contributed by atoms with van der Waals surface area (Å²) < 4.78 is 91.7. The molecule has 4 heterocycles.